The Labute approximate surface area is 201 Å². The van der Waals surface area contributed by atoms with E-state index < -0.39 is 11.5 Å². The summed E-state index contributed by atoms with van der Waals surface area (Å²) < 4.78 is 29.6. The van der Waals surface area contributed by atoms with Crippen LogP contribution in [0.15, 0.2) is 52.9 Å². The molecule has 0 spiro atoms. The number of aliphatic hydroxyl groups is 1. The molecule has 2 N–H and O–H groups in total. The summed E-state index contributed by atoms with van der Waals surface area (Å²) in [5.74, 6) is -2.65. The Kier molecular flexibility index (Phi) is 8.81. The van der Waals surface area contributed by atoms with E-state index in [1.165, 1.54) is 16.6 Å². The van der Waals surface area contributed by atoms with Crippen molar-refractivity contribution >= 4 is 45.5 Å². The second-order valence-corrected chi connectivity index (χ2v) is 10.2. The van der Waals surface area contributed by atoms with Gasteiger partial charge in [-0.2, -0.15) is 0 Å². The number of para-hydroxylation sites is 1. The minimum absolute atomic E-state index is 0.213. The number of aromatic nitrogens is 1. The quantitative estimate of drug-likeness (QED) is 0.306. The van der Waals surface area contributed by atoms with Crippen LogP contribution in [0.25, 0.3) is 10.2 Å². The highest BCUT2D eigenvalue weighted by atomic mass is 32.2. The maximum absolute atomic E-state index is 12.6. The molecule has 0 aliphatic carbocycles. The number of nitrogens with zero attached hydrogens (tertiary/aromatic N) is 2. The molecule has 0 radical (unpaired) electrons. The minimum atomic E-state index is -2.65. The highest BCUT2D eigenvalue weighted by molar-refractivity contribution is 8.00. The molecular weight excluding hydrogens is 464 g/mol. The zero-order valence-electron chi connectivity index (χ0n) is 18.8. The number of fused-ring (bicyclic) bond motifs is 1. The fraction of sp³-hybridized carbons (Fsp3) is 0.417. The summed E-state index contributed by atoms with van der Waals surface area (Å²) in [6.07, 6.45) is 2.06. The molecule has 0 atom stereocenters. The Bertz CT molecular complexity index is 1030. The molecule has 5 nitrogen and oxygen atoms in total. The van der Waals surface area contributed by atoms with Crippen LogP contribution in [0.4, 0.5) is 14.5 Å². The van der Waals surface area contributed by atoms with E-state index in [1.807, 2.05) is 36.8 Å². The van der Waals surface area contributed by atoms with E-state index in [0.717, 1.165) is 42.4 Å². The van der Waals surface area contributed by atoms with Crippen LogP contribution >= 0.6 is 23.3 Å². The third-order valence-electron chi connectivity index (χ3n) is 5.60. The van der Waals surface area contributed by atoms with Crippen LogP contribution in [0.3, 0.4) is 0 Å². The molecular formula is C24H29F2N3O2S2. The van der Waals surface area contributed by atoms with Gasteiger partial charge in [0.25, 0.3) is 0 Å². The van der Waals surface area contributed by atoms with Crippen molar-refractivity contribution in [2.75, 3.05) is 24.9 Å². The number of hydrogen-bond acceptors (Lipinski definition) is 7. The molecule has 0 bridgehead atoms. The van der Waals surface area contributed by atoms with E-state index in [1.54, 1.807) is 23.5 Å². The standard InChI is InChI=1S/C14H10N2OS2.C10H19F2NO/c17-8-10-4-6-11(7-5-10)16-19-13-3-1-2-12-14(13)15-9-18-12;1-9(11,12)3-4-10(14)5-7-13(2)8-6-10/h1-9,16H;14H,3-8H2,1-2H3. The monoisotopic (exact) mass is 493 g/mol. The molecule has 0 unspecified atom stereocenters. The summed E-state index contributed by atoms with van der Waals surface area (Å²) in [5.41, 5.74) is 3.66. The first-order chi connectivity index (χ1) is 15.7. The fourth-order valence-corrected chi connectivity index (χ4v) is 4.96. The number of piperidine rings is 1. The number of carbonyl (C=O) groups is 1. The molecule has 2 heterocycles. The number of rotatable bonds is 7. The van der Waals surface area contributed by atoms with E-state index in [2.05, 4.69) is 20.7 Å². The van der Waals surface area contributed by atoms with E-state index in [4.69, 9.17) is 0 Å². The molecule has 9 heteroatoms. The molecule has 1 aliphatic heterocycles. The first-order valence-corrected chi connectivity index (χ1v) is 12.5. The number of thiazole rings is 1. The maximum atomic E-state index is 12.6. The number of hydrogen-bond donors (Lipinski definition) is 2. The van der Waals surface area contributed by atoms with Crippen molar-refractivity contribution < 1.29 is 18.7 Å². The van der Waals surface area contributed by atoms with Gasteiger partial charge in [-0.25, -0.2) is 13.8 Å². The van der Waals surface area contributed by atoms with Crippen LogP contribution in [0, 0.1) is 0 Å². The van der Waals surface area contributed by atoms with Crippen LogP contribution in [-0.4, -0.2) is 52.9 Å². The maximum Gasteiger partial charge on any atom is 0.245 e. The molecule has 1 aliphatic rings. The number of likely N-dealkylation sites (tertiary alicyclic amines) is 1. The molecule has 1 fully saturated rings. The Hall–Kier alpha value is -2.07. The zero-order chi connectivity index (χ0) is 23.9. The van der Waals surface area contributed by atoms with E-state index in [9.17, 15) is 18.7 Å². The van der Waals surface area contributed by atoms with Crippen LogP contribution in [0.1, 0.15) is 43.0 Å². The topological polar surface area (TPSA) is 65.5 Å². The number of anilines is 1. The van der Waals surface area contributed by atoms with Gasteiger partial charge >= 0.3 is 0 Å². The highest BCUT2D eigenvalue weighted by Crippen LogP contribution is 2.31. The van der Waals surface area contributed by atoms with Gasteiger partial charge in [0.2, 0.25) is 5.92 Å². The van der Waals surface area contributed by atoms with Gasteiger partial charge in [-0.1, -0.05) is 6.07 Å². The van der Waals surface area contributed by atoms with E-state index in [0.29, 0.717) is 18.4 Å². The van der Waals surface area contributed by atoms with Gasteiger partial charge in [-0.3, -0.25) is 4.79 Å². The van der Waals surface area contributed by atoms with Crippen molar-refractivity contribution in [1.29, 1.82) is 0 Å². The van der Waals surface area contributed by atoms with Gasteiger partial charge in [0.1, 0.15) is 6.29 Å². The Morgan fingerprint density at radius 1 is 1.24 bits per heavy atom. The lowest BCUT2D eigenvalue weighted by Crippen LogP contribution is -2.43. The van der Waals surface area contributed by atoms with Gasteiger partial charge in [0.15, 0.2) is 0 Å². The van der Waals surface area contributed by atoms with Gasteiger partial charge < -0.3 is 14.7 Å². The van der Waals surface area contributed by atoms with Gasteiger partial charge in [-0.05, 0) is 81.6 Å². The lowest BCUT2D eigenvalue weighted by Gasteiger charge is -2.37. The summed E-state index contributed by atoms with van der Waals surface area (Å²) in [6.45, 7) is 2.50. The lowest BCUT2D eigenvalue weighted by molar-refractivity contribution is -0.0576. The smallest absolute Gasteiger partial charge is 0.245 e. The number of aldehydes is 1. The average Bonchev–Trinajstić information content (AvgIpc) is 3.29. The largest absolute Gasteiger partial charge is 0.390 e. The third-order valence-corrected chi connectivity index (χ3v) is 7.28. The molecule has 1 saturated heterocycles. The SMILES string of the molecule is CN1CCC(O)(CCC(C)(F)F)CC1.O=Cc1ccc(NSc2cccc3scnc23)cc1. The average molecular weight is 494 g/mol. The Morgan fingerprint density at radius 2 is 1.94 bits per heavy atom. The molecule has 3 aromatic rings. The number of alkyl halides is 2. The first kappa shape index (κ1) is 25.6. The third kappa shape index (κ3) is 8.03. The summed E-state index contributed by atoms with van der Waals surface area (Å²) in [5, 5.41) is 9.99. The number of nitrogens with one attached hydrogen (secondary N) is 1. The number of carbonyl (C=O) groups excluding carboxylic acids is 1. The van der Waals surface area contributed by atoms with Gasteiger partial charge in [-0.15, -0.1) is 11.3 Å². The lowest BCUT2D eigenvalue weighted by atomic mass is 9.86. The van der Waals surface area contributed by atoms with Crippen LogP contribution in [-0.2, 0) is 0 Å². The number of halogens is 2. The molecule has 1 aromatic heterocycles. The Balaban J connectivity index is 0.000000196. The van der Waals surface area contributed by atoms with Crippen LogP contribution < -0.4 is 4.72 Å². The summed E-state index contributed by atoms with van der Waals surface area (Å²) >= 11 is 3.16. The number of benzene rings is 2. The summed E-state index contributed by atoms with van der Waals surface area (Å²) in [6, 6.07) is 13.5. The molecule has 2 aromatic carbocycles. The predicted molar refractivity (Wildman–Crippen MR) is 132 cm³/mol. The van der Waals surface area contributed by atoms with E-state index in [-0.39, 0.29) is 12.8 Å². The second-order valence-electron chi connectivity index (χ2n) is 8.50. The second kappa shape index (κ2) is 11.4. The molecule has 33 heavy (non-hydrogen) atoms. The van der Waals surface area contributed by atoms with Crippen molar-refractivity contribution in [2.24, 2.45) is 0 Å². The first-order valence-electron chi connectivity index (χ1n) is 10.8. The normalized spacial score (nSPS) is 16.2. The highest BCUT2D eigenvalue weighted by Gasteiger charge is 2.34. The molecule has 4 rings (SSSR count). The molecule has 0 saturated carbocycles. The van der Waals surface area contributed by atoms with Crippen molar-refractivity contribution in [3.05, 3.63) is 53.5 Å². The summed E-state index contributed by atoms with van der Waals surface area (Å²) in [7, 11) is 1.98. The summed E-state index contributed by atoms with van der Waals surface area (Å²) in [4.78, 5) is 18.2. The zero-order valence-corrected chi connectivity index (χ0v) is 20.4. The van der Waals surface area contributed by atoms with Crippen molar-refractivity contribution in [2.45, 2.75) is 49.0 Å². The van der Waals surface area contributed by atoms with Crippen molar-refractivity contribution in [3.63, 3.8) is 0 Å². The minimum Gasteiger partial charge on any atom is -0.390 e. The van der Waals surface area contributed by atoms with Crippen LogP contribution in [0.2, 0.25) is 0 Å². The fourth-order valence-electron chi connectivity index (χ4n) is 3.42. The molecule has 0 amide bonds. The van der Waals surface area contributed by atoms with Gasteiger partial charge in [0.05, 0.1) is 26.2 Å². The van der Waals surface area contributed by atoms with Crippen molar-refractivity contribution in [3.8, 4) is 0 Å². The Morgan fingerprint density at radius 3 is 2.58 bits per heavy atom. The van der Waals surface area contributed by atoms with Crippen LogP contribution in [0.5, 0.6) is 0 Å². The predicted octanol–water partition coefficient (Wildman–Crippen LogP) is 6.11. The molecule has 178 valence electrons. The van der Waals surface area contributed by atoms with Crippen molar-refractivity contribution in [1.82, 2.24) is 9.88 Å². The van der Waals surface area contributed by atoms with E-state index >= 15 is 0 Å². The van der Waals surface area contributed by atoms with Gasteiger partial charge in [0, 0.05) is 30.8 Å².